The van der Waals surface area contributed by atoms with Gasteiger partial charge in [0, 0.05) is 25.7 Å². The van der Waals surface area contributed by atoms with Crippen LogP contribution in [0, 0.1) is 17.5 Å². The van der Waals surface area contributed by atoms with E-state index in [4.69, 9.17) is 0 Å². The van der Waals surface area contributed by atoms with Crippen LogP contribution in [0.25, 0.3) is 0 Å². The topological polar surface area (TPSA) is 109 Å². The van der Waals surface area contributed by atoms with Gasteiger partial charge in [-0.3, -0.25) is 0 Å². The van der Waals surface area contributed by atoms with Crippen LogP contribution in [0.3, 0.4) is 0 Å². The minimum absolute atomic E-state index is 0.0250. The molecule has 3 aromatic rings. The van der Waals surface area contributed by atoms with E-state index in [1.165, 1.54) is 24.3 Å². The molecule has 39 heavy (non-hydrogen) atoms. The van der Waals surface area contributed by atoms with Crippen LogP contribution in [0.4, 0.5) is 38.2 Å². The first-order valence-corrected chi connectivity index (χ1v) is 13.0. The van der Waals surface area contributed by atoms with E-state index in [2.05, 4.69) is 30.3 Å². The van der Waals surface area contributed by atoms with Gasteiger partial charge in [-0.25, -0.2) is 21.6 Å². The summed E-state index contributed by atoms with van der Waals surface area (Å²) >= 11 is 0. The van der Waals surface area contributed by atoms with Gasteiger partial charge in [0.15, 0.2) is 18.2 Å². The maximum Gasteiger partial charge on any atom is 0.422 e. The standard InChI is InChI=1S/C23H22F6N6O3S/c24-15-3-1-14(2-4-15)12-30-20-32-21(34-22(33-20)38-13-23(27,28)29)31-16-7-9-35(10-8-16)39(36,37)17-5-6-18(25)19(26)11-17/h1-6,11,16H,7-10,12-13H2,(H2,30,31,32,33,34). The highest BCUT2D eigenvalue weighted by molar-refractivity contribution is 7.89. The maximum absolute atomic E-state index is 13.6. The minimum atomic E-state index is -4.63. The molecule has 0 atom stereocenters. The van der Waals surface area contributed by atoms with Gasteiger partial charge in [-0.15, -0.1) is 0 Å². The second-order valence-electron chi connectivity index (χ2n) is 8.55. The van der Waals surface area contributed by atoms with Crippen molar-refractivity contribution >= 4 is 21.9 Å². The molecule has 0 bridgehead atoms. The maximum atomic E-state index is 13.6. The summed E-state index contributed by atoms with van der Waals surface area (Å²) in [5.41, 5.74) is 0.652. The van der Waals surface area contributed by atoms with E-state index in [-0.39, 0.29) is 55.3 Å². The van der Waals surface area contributed by atoms with E-state index in [0.29, 0.717) is 11.6 Å². The van der Waals surface area contributed by atoms with Gasteiger partial charge in [0.2, 0.25) is 21.9 Å². The van der Waals surface area contributed by atoms with Crippen molar-refractivity contribution in [2.24, 2.45) is 0 Å². The summed E-state index contributed by atoms with van der Waals surface area (Å²) in [7, 11) is -4.07. The number of nitrogens with zero attached hydrogens (tertiary/aromatic N) is 4. The minimum Gasteiger partial charge on any atom is -0.454 e. The molecule has 16 heteroatoms. The first-order chi connectivity index (χ1) is 18.4. The number of rotatable bonds is 9. The molecule has 1 aromatic heterocycles. The summed E-state index contributed by atoms with van der Waals surface area (Å²) in [6, 6.07) is 6.86. The zero-order chi connectivity index (χ0) is 28.2. The second kappa shape index (κ2) is 11.6. The monoisotopic (exact) mass is 576 g/mol. The summed E-state index contributed by atoms with van der Waals surface area (Å²) < 4.78 is 109. The highest BCUT2D eigenvalue weighted by Gasteiger charge is 2.31. The first-order valence-electron chi connectivity index (χ1n) is 11.5. The molecule has 9 nitrogen and oxygen atoms in total. The van der Waals surface area contributed by atoms with Crippen LogP contribution in [0.15, 0.2) is 47.4 Å². The average Bonchev–Trinajstić information content (AvgIpc) is 2.88. The van der Waals surface area contributed by atoms with Crippen molar-refractivity contribution < 1.29 is 39.5 Å². The molecule has 1 aliphatic heterocycles. The number of alkyl halides is 3. The van der Waals surface area contributed by atoms with Crippen molar-refractivity contribution in [3.05, 3.63) is 65.5 Å². The molecule has 0 saturated carbocycles. The molecule has 2 aromatic carbocycles. The molecule has 210 valence electrons. The number of aromatic nitrogens is 3. The predicted molar refractivity (Wildman–Crippen MR) is 127 cm³/mol. The van der Waals surface area contributed by atoms with Crippen molar-refractivity contribution in [3.8, 4) is 6.01 Å². The average molecular weight is 577 g/mol. The second-order valence-corrected chi connectivity index (χ2v) is 10.5. The quantitative estimate of drug-likeness (QED) is 0.367. The Morgan fingerprint density at radius 3 is 2.23 bits per heavy atom. The molecule has 1 aliphatic rings. The molecule has 0 unspecified atom stereocenters. The van der Waals surface area contributed by atoms with E-state index in [0.717, 1.165) is 16.4 Å². The molecule has 4 rings (SSSR count). The lowest BCUT2D eigenvalue weighted by molar-refractivity contribution is -0.154. The van der Waals surface area contributed by atoms with Crippen LogP contribution in [-0.2, 0) is 16.6 Å². The fourth-order valence-corrected chi connectivity index (χ4v) is 5.19. The summed E-state index contributed by atoms with van der Waals surface area (Å²) in [5.74, 6) is -3.09. The molecule has 2 N–H and O–H groups in total. The normalized spacial score (nSPS) is 15.2. The van der Waals surface area contributed by atoms with Crippen LogP contribution in [0.5, 0.6) is 6.01 Å². The number of hydrogen-bond acceptors (Lipinski definition) is 8. The third kappa shape index (κ3) is 7.69. The molecular formula is C23H22F6N6O3S. The van der Waals surface area contributed by atoms with E-state index in [1.54, 1.807) is 0 Å². The van der Waals surface area contributed by atoms with Gasteiger partial charge in [0.1, 0.15) is 5.82 Å². The number of anilines is 2. The molecular weight excluding hydrogens is 554 g/mol. The fourth-order valence-electron chi connectivity index (χ4n) is 3.70. The summed E-state index contributed by atoms with van der Waals surface area (Å²) in [6.07, 6.45) is -4.12. The smallest absolute Gasteiger partial charge is 0.422 e. The van der Waals surface area contributed by atoms with Crippen LogP contribution in [-0.4, -0.2) is 59.6 Å². The van der Waals surface area contributed by atoms with E-state index in [1.807, 2.05) is 0 Å². The predicted octanol–water partition coefficient (Wildman–Crippen LogP) is 4.11. The molecule has 0 amide bonds. The number of benzene rings is 2. The van der Waals surface area contributed by atoms with Crippen molar-refractivity contribution in [2.75, 3.05) is 30.3 Å². The van der Waals surface area contributed by atoms with Crippen molar-refractivity contribution in [1.82, 2.24) is 19.3 Å². The Kier molecular flexibility index (Phi) is 8.44. The van der Waals surface area contributed by atoms with Gasteiger partial charge in [-0.1, -0.05) is 12.1 Å². The molecule has 0 radical (unpaired) electrons. The van der Waals surface area contributed by atoms with Crippen molar-refractivity contribution in [2.45, 2.75) is 36.5 Å². The third-order valence-electron chi connectivity index (χ3n) is 5.66. The van der Waals surface area contributed by atoms with Crippen LogP contribution < -0.4 is 15.4 Å². The Labute approximate surface area is 219 Å². The summed E-state index contributed by atoms with van der Waals surface area (Å²) in [4.78, 5) is 11.5. The van der Waals surface area contributed by atoms with Crippen molar-refractivity contribution in [3.63, 3.8) is 0 Å². The molecule has 1 saturated heterocycles. The van der Waals surface area contributed by atoms with Crippen LogP contribution in [0.1, 0.15) is 18.4 Å². The Bertz CT molecular complexity index is 1400. The van der Waals surface area contributed by atoms with E-state index in [9.17, 15) is 34.8 Å². The van der Waals surface area contributed by atoms with Gasteiger partial charge >= 0.3 is 12.2 Å². The van der Waals surface area contributed by atoms with Gasteiger partial charge in [0.25, 0.3) is 0 Å². The Hall–Kier alpha value is -3.66. The van der Waals surface area contributed by atoms with Gasteiger partial charge < -0.3 is 15.4 Å². The Morgan fingerprint density at radius 1 is 0.923 bits per heavy atom. The lowest BCUT2D eigenvalue weighted by Crippen LogP contribution is -2.42. The lowest BCUT2D eigenvalue weighted by atomic mass is 10.1. The van der Waals surface area contributed by atoms with Gasteiger partial charge in [-0.05, 0) is 48.7 Å². The number of ether oxygens (including phenoxy) is 1. The van der Waals surface area contributed by atoms with E-state index < -0.39 is 46.3 Å². The van der Waals surface area contributed by atoms with Crippen LogP contribution in [0.2, 0.25) is 0 Å². The number of hydrogen-bond donors (Lipinski definition) is 2. The van der Waals surface area contributed by atoms with Gasteiger partial charge in [0.05, 0.1) is 4.90 Å². The number of nitrogens with one attached hydrogen (secondary N) is 2. The van der Waals surface area contributed by atoms with E-state index >= 15 is 0 Å². The first kappa shape index (κ1) is 28.4. The van der Waals surface area contributed by atoms with Gasteiger partial charge in [-0.2, -0.15) is 32.4 Å². The summed E-state index contributed by atoms with van der Waals surface area (Å²) in [6.45, 7) is -1.45. The highest BCUT2D eigenvalue weighted by atomic mass is 32.2. The molecule has 0 spiro atoms. The number of piperidine rings is 1. The molecule has 2 heterocycles. The van der Waals surface area contributed by atoms with Crippen molar-refractivity contribution in [1.29, 1.82) is 0 Å². The zero-order valence-electron chi connectivity index (χ0n) is 20.1. The number of halogens is 6. The Balaban J connectivity index is 1.43. The lowest BCUT2D eigenvalue weighted by Gasteiger charge is -2.31. The number of sulfonamides is 1. The fraction of sp³-hybridized carbons (Fsp3) is 0.348. The summed E-state index contributed by atoms with van der Waals surface area (Å²) in [5, 5.41) is 5.77. The SMILES string of the molecule is O=S(=O)(c1ccc(F)c(F)c1)N1CCC(Nc2nc(NCc3ccc(F)cc3)nc(OCC(F)(F)F)n2)CC1. The molecule has 1 fully saturated rings. The highest BCUT2D eigenvalue weighted by Crippen LogP contribution is 2.24. The largest absolute Gasteiger partial charge is 0.454 e. The Morgan fingerprint density at radius 2 is 1.59 bits per heavy atom. The zero-order valence-corrected chi connectivity index (χ0v) is 20.9. The molecule has 0 aliphatic carbocycles. The third-order valence-corrected chi connectivity index (χ3v) is 7.55. The van der Waals surface area contributed by atoms with Crippen LogP contribution >= 0.6 is 0 Å².